The third-order valence-electron chi connectivity index (χ3n) is 5.82. The monoisotopic (exact) mass is 341 g/mol. The minimum Gasteiger partial charge on any atom is -0.390 e. The minimum absolute atomic E-state index is 0.170. The lowest BCUT2D eigenvalue weighted by Crippen LogP contribution is -2.52. The summed E-state index contributed by atoms with van der Waals surface area (Å²) in [4.78, 5) is 7.08. The maximum Gasteiger partial charge on any atom is 0.127 e. The van der Waals surface area contributed by atoms with E-state index in [1.165, 1.54) is 6.42 Å². The fraction of sp³-hybridized carbons (Fsp3) is 0.550. The topological polar surface area (TPSA) is 50.5 Å². The van der Waals surface area contributed by atoms with E-state index in [1.54, 1.807) is 0 Å². The molecule has 2 aromatic rings. The molecule has 3 atom stereocenters. The van der Waals surface area contributed by atoms with Crippen LogP contribution in [0.5, 0.6) is 0 Å². The molecule has 4 rings (SSSR count). The Morgan fingerprint density at radius 3 is 2.96 bits per heavy atom. The van der Waals surface area contributed by atoms with Gasteiger partial charge in [0.2, 0.25) is 0 Å². The van der Waals surface area contributed by atoms with Crippen LogP contribution in [0.1, 0.15) is 32.0 Å². The molecule has 0 radical (unpaired) electrons. The van der Waals surface area contributed by atoms with Crippen LogP contribution in [0.25, 0.3) is 5.69 Å². The largest absolute Gasteiger partial charge is 0.390 e. The molecule has 5 heteroatoms. The van der Waals surface area contributed by atoms with Crippen LogP contribution < -0.4 is 0 Å². The molecule has 25 heavy (non-hydrogen) atoms. The quantitative estimate of drug-likeness (QED) is 0.929. The van der Waals surface area contributed by atoms with Crippen molar-refractivity contribution in [3.63, 3.8) is 0 Å². The number of benzene rings is 1. The number of rotatable bonds is 4. The van der Waals surface area contributed by atoms with E-state index in [0.717, 1.165) is 37.4 Å². The van der Waals surface area contributed by atoms with E-state index in [4.69, 9.17) is 4.74 Å². The van der Waals surface area contributed by atoms with E-state index in [1.807, 2.05) is 37.5 Å². The summed E-state index contributed by atoms with van der Waals surface area (Å²) in [6.45, 7) is 5.15. The molecular weight excluding hydrogens is 314 g/mol. The third-order valence-corrected chi connectivity index (χ3v) is 5.82. The molecule has 3 heterocycles. The van der Waals surface area contributed by atoms with Crippen molar-refractivity contribution < 1.29 is 9.84 Å². The minimum atomic E-state index is -0.639. The van der Waals surface area contributed by atoms with E-state index >= 15 is 0 Å². The second-order valence-corrected chi connectivity index (χ2v) is 7.52. The Bertz CT molecular complexity index is 698. The lowest BCUT2D eigenvalue weighted by molar-refractivity contribution is -0.123. The van der Waals surface area contributed by atoms with Gasteiger partial charge in [-0.3, -0.25) is 4.90 Å². The van der Waals surface area contributed by atoms with Crippen molar-refractivity contribution in [1.29, 1.82) is 0 Å². The highest BCUT2D eigenvalue weighted by atomic mass is 16.5. The molecule has 2 saturated heterocycles. The number of hydrogen-bond donors (Lipinski definition) is 1. The molecule has 0 spiro atoms. The molecule has 0 bridgehead atoms. The first-order chi connectivity index (χ1) is 12.1. The Morgan fingerprint density at radius 2 is 2.16 bits per heavy atom. The zero-order valence-corrected chi connectivity index (χ0v) is 14.8. The van der Waals surface area contributed by atoms with Gasteiger partial charge in [-0.25, -0.2) is 4.98 Å². The van der Waals surface area contributed by atoms with Crippen LogP contribution in [0.3, 0.4) is 0 Å². The Kier molecular flexibility index (Phi) is 4.63. The zero-order valence-electron chi connectivity index (χ0n) is 14.8. The van der Waals surface area contributed by atoms with Gasteiger partial charge in [0.05, 0.1) is 18.8 Å². The molecule has 134 valence electrons. The van der Waals surface area contributed by atoms with Gasteiger partial charge in [0.25, 0.3) is 0 Å². The van der Waals surface area contributed by atoms with E-state index in [9.17, 15) is 5.11 Å². The van der Waals surface area contributed by atoms with Crippen molar-refractivity contribution in [3.8, 4) is 5.69 Å². The summed E-state index contributed by atoms with van der Waals surface area (Å²) in [6, 6.07) is 10.7. The molecule has 0 amide bonds. The molecular formula is C20H27N3O2. The second kappa shape index (κ2) is 6.90. The van der Waals surface area contributed by atoms with Crippen LogP contribution in [0.4, 0.5) is 0 Å². The summed E-state index contributed by atoms with van der Waals surface area (Å²) in [5.74, 6) is 1.22. The Hall–Kier alpha value is -1.69. The molecule has 1 aromatic heterocycles. The summed E-state index contributed by atoms with van der Waals surface area (Å²) in [5.41, 5.74) is 0.499. The highest BCUT2D eigenvalue weighted by Gasteiger charge is 2.44. The lowest BCUT2D eigenvalue weighted by atomic mass is 9.79. The first-order valence-electron chi connectivity index (χ1n) is 9.27. The molecule has 2 aliphatic rings. The van der Waals surface area contributed by atoms with Gasteiger partial charge in [0.1, 0.15) is 5.82 Å². The number of hydrogen-bond acceptors (Lipinski definition) is 4. The van der Waals surface area contributed by atoms with E-state index in [2.05, 4.69) is 26.6 Å². The maximum atomic E-state index is 10.8. The number of aliphatic hydroxyl groups is 1. The fourth-order valence-electron chi connectivity index (χ4n) is 4.34. The van der Waals surface area contributed by atoms with Gasteiger partial charge in [0, 0.05) is 36.6 Å². The van der Waals surface area contributed by atoms with Crippen molar-refractivity contribution in [2.75, 3.05) is 19.8 Å². The Morgan fingerprint density at radius 1 is 1.32 bits per heavy atom. The van der Waals surface area contributed by atoms with Crippen LogP contribution in [-0.4, -0.2) is 51.0 Å². The normalized spacial score (nSPS) is 30.6. The molecule has 0 aliphatic carbocycles. The summed E-state index contributed by atoms with van der Waals surface area (Å²) in [7, 11) is 0. The van der Waals surface area contributed by atoms with E-state index in [0.29, 0.717) is 19.3 Å². The van der Waals surface area contributed by atoms with E-state index in [-0.39, 0.29) is 5.92 Å². The number of imidazole rings is 1. The summed E-state index contributed by atoms with van der Waals surface area (Å²) < 4.78 is 7.86. The lowest BCUT2D eigenvalue weighted by Gasteiger charge is -2.43. The number of ether oxygens (including phenoxy) is 1. The van der Waals surface area contributed by atoms with Crippen molar-refractivity contribution >= 4 is 0 Å². The molecule has 2 fully saturated rings. The molecule has 2 aliphatic heterocycles. The molecule has 0 unspecified atom stereocenters. The molecule has 5 nitrogen and oxygen atoms in total. The van der Waals surface area contributed by atoms with Gasteiger partial charge < -0.3 is 14.4 Å². The highest BCUT2D eigenvalue weighted by molar-refractivity contribution is 5.32. The van der Waals surface area contributed by atoms with Crippen molar-refractivity contribution in [3.05, 3.63) is 48.5 Å². The van der Waals surface area contributed by atoms with Crippen molar-refractivity contribution in [2.45, 2.75) is 44.4 Å². The van der Waals surface area contributed by atoms with E-state index < -0.39 is 5.60 Å². The van der Waals surface area contributed by atoms with Crippen molar-refractivity contribution in [1.82, 2.24) is 14.5 Å². The van der Waals surface area contributed by atoms with Crippen LogP contribution in [0, 0.1) is 5.92 Å². The third kappa shape index (κ3) is 3.36. The first-order valence-corrected chi connectivity index (χ1v) is 9.27. The summed E-state index contributed by atoms with van der Waals surface area (Å²) >= 11 is 0. The maximum absolute atomic E-state index is 10.8. The predicted octanol–water partition coefficient (Wildman–Crippen LogP) is 2.62. The Balaban J connectivity index is 1.54. The number of aromatic nitrogens is 2. The molecule has 1 aromatic carbocycles. The van der Waals surface area contributed by atoms with Crippen LogP contribution >= 0.6 is 0 Å². The van der Waals surface area contributed by atoms with Gasteiger partial charge >= 0.3 is 0 Å². The molecule has 1 N–H and O–H groups in total. The van der Waals surface area contributed by atoms with Crippen LogP contribution in [-0.2, 0) is 11.3 Å². The van der Waals surface area contributed by atoms with Crippen LogP contribution in [0.2, 0.25) is 0 Å². The number of likely N-dealkylation sites (tertiary alicyclic amines) is 1. The Labute approximate surface area is 149 Å². The second-order valence-electron chi connectivity index (χ2n) is 7.52. The number of para-hydroxylation sites is 1. The SMILES string of the molecule is C[C@]1(O)CCOC[C@@H]1[C@H]1CCCN1Cc1nccn1-c1ccccc1. The standard InChI is InChI=1S/C20H27N3O2/c1-20(24)9-13-25-15-17(20)18-8-5-11-22(18)14-19-21-10-12-23(19)16-6-3-2-4-7-16/h2-4,6-7,10,12,17-18,24H,5,8-9,11,13-15H2,1H3/t17-,18-,20+/m1/s1. The van der Waals surface area contributed by atoms with Gasteiger partial charge in [-0.05, 0) is 44.9 Å². The molecule has 0 saturated carbocycles. The summed E-state index contributed by atoms with van der Waals surface area (Å²) in [6.07, 6.45) is 6.91. The highest BCUT2D eigenvalue weighted by Crippen LogP contribution is 2.36. The van der Waals surface area contributed by atoms with Gasteiger partial charge in [-0.2, -0.15) is 0 Å². The zero-order chi connectivity index (χ0) is 17.3. The average molecular weight is 341 g/mol. The average Bonchev–Trinajstić information content (AvgIpc) is 3.25. The van der Waals surface area contributed by atoms with Crippen molar-refractivity contribution in [2.24, 2.45) is 5.92 Å². The fourth-order valence-corrected chi connectivity index (χ4v) is 4.34. The van der Waals surface area contributed by atoms with Gasteiger partial charge in [0.15, 0.2) is 0 Å². The van der Waals surface area contributed by atoms with Gasteiger partial charge in [-0.15, -0.1) is 0 Å². The smallest absolute Gasteiger partial charge is 0.127 e. The van der Waals surface area contributed by atoms with Gasteiger partial charge in [-0.1, -0.05) is 18.2 Å². The van der Waals surface area contributed by atoms with Crippen LogP contribution in [0.15, 0.2) is 42.7 Å². The number of nitrogens with zero attached hydrogens (tertiary/aromatic N) is 3. The predicted molar refractivity (Wildman–Crippen MR) is 96.5 cm³/mol. The summed E-state index contributed by atoms with van der Waals surface area (Å²) in [5, 5.41) is 10.8. The first kappa shape index (κ1) is 16.8.